The van der Waals surface area contributed by atoms with Crippen molar-refractivity contribution in [2.24, 2.45) is 0 Å². The molecule has 1 aromatic rings. The average Bonchev–Trinajstić information content (AvgIpc) is 3.10. The van der Waals surface area contributed by atoms with Crippen LogP contribution in [0.1, 0.15) is 23.5 Å². The van der Waals surface area contributed by atoms with Gasteiger partial charge in [-0.15, -0.1) is 22.9 Å². The minimum atomic E-state index is 0.144. The average molecular weight is 289 g/mol. The molecule has 1 aromatic heterocycles. The molecule has 0 bridgehead atoms. The van der Waals surface area contributed by atoms with Gasteiger partial charge in [-0.1, -0.05) is 0 Å². The molecule has 2 rings (SSSR count). The van der Waals surface area contributed by atoms with Gasteiger partial charge in [0, 0.05) is 25.1 Å². The van der Waals surface area contributed by atoms with Crippen molar-refractivity contribution < 1.29 is 9.53 Å². The minimum Gasteiger partial charge on any atom is -0.383 e. The number of hydrogen-bond acceptors (Lipinski definition) is 4. The number of aromatic nitrogens is 1. The van der Waals surface area contributed by atoms with E-state index in [1.165, 1.54) is 11.3 Å². The van der Waals surface area contributed by atoms with Crippen molar-refractivity contribution in [3.8, 4) is 0 Å². The minimum absolute atomic E-state index is 0.144. The van der Waals surface area contributed by atoms with Crippen LogP contribution in [0.15, 0.2) is 5.38 Å². The number of carbonyl (C=O) groups is 1. The van der Waals surface area contributed by atoms with Crippen LogP contribution in [-0.4, -0.2) is 42.1 Å². The summed E-state index contributed by atoms with van der Waals surface area (Å²) in [5, 5.41) is 2.75. The number of ether oxygens (including phenoxy) is 1. The Balaban J connectivity index is 1.91. The van der Waals surface area contributed by atoms with Gasteiger partial charge in [0.1, 0.15) is 5.01 Å². The van der Waals surface area contributed by atoms with E-state index in [4.69, 9.17) is 16.3 Å². The largest absolute Gasteiger partial charge is 0.383 e. The van der Waals surface area contributed by atoms with Crippen LogP contribution in [0.3, 0.4) is 0 Å². The molecule has 0 spiro atoms. The molecule has 4 nitrogen and oxygen atoms in total. The van der Waals surface area contributed by atoms with Crippen molar-refractivity contribution in [2.45, 2.75) is 31.2 Å². The molecule has 18 heavy (non-hydrogen) atoms. The summed E-state index contributed by atoms with van der Waals surface area (Å²) in [5.41, 5.74) is 0.847. The second-order valence-corrected chi connectivity index (χ2v) is 5.56. The van der Waals surface area contributed by atoms with Gasteiger partial charge in [0.2, 0.25) is 5.91 Å². The number of alkyl halides is 1. The molecule has 1 aliphatic carbocycles. The molecule has 0 atom stereocenters. The van der Waals surface area contributed by atoms with E-state index >= 15 is 0 Å². The lowest BCUT2D eigenvalue weighted by Gasteiger charge is -2.21. The Morgan fingerprint density at radius 2 is 2.44 bits per heavy atom. The number of amides is 1. The van der Waals surface area contributed by atoms with Crippen LogP contribution in [0.5, 0.6) is 0 Å². The highest BCUT2D eigenvalue weighted by Crippen LogP contribution is 2.27. The van der Waals surface area contributed by atoms with Crippen LogP contribution in [0.25, 0.3) is 0 Å². The summed E-state index contributed by atoms with van der Waals surface area (Å²) in [6.07, 6.45) is 2.60. The standard InChI is InChI=1S/C12H17ClN2O2S/c1-17-5-4-15(10-2-3-10)12(16)6-11-14-9(7-13)8-18-11/h8,10H,2-7H2,1H3. The van der Waals surface area contributed by atoms with Crippen LogP contribution in [-0.2, 0) is 21.8 Å². The normalized spacial score (nSPS) is 14.8. The molecule has 0 unspecified atom stereocenters. The van der Waals surface area contributed by atoms with Crippen LogP contribution >= 0.6 is 22.9 Å². The topological polar surface area (TPSA) is 42.4 Å². The summed E-state index contributed by atoms with van der Waals surface area (Å²) >= 11 is 7.20. The predicted molar refractivity (Wildman–Crippen MR) is 72.0 cm³/mol. The fraction of sp³-hybridized carbons (Fsp3) is 0.667. The van der Waals surface area contributed by atoms with Crippen molar-refractivity contribution >= 4 is 28.8 Å². The first kappa shape index (κ1) is 13.8. The first-order chi connectivity index (χ1) is 8.74. The molecule has 1 fully saturated rings. The first-order valence-electron chi connectivity index (χ1n) is 6.02. The van der Waals surface area contributed by atoms with Crippen LogP contribution in [0.4, 0.5) is 0 Å². The third-order valence-corrected chi connectivity index (χ3v) is 4.05. The molecular formula is C12H17ClN2O2S. The van der Waals surface area contributed by atoms with E-state index in [1.54, 1.807) is 7.11 Å². The fourth-order valence-corrected chi connectivity index (χ4v) is 2.82. The molecule has 6 heteroatoms. The van der Waals surface area contributed by atoms with Crippen LogP contribution < -0.4 is 0 Å². The molecule has 1 heterocycles. The zero-order chi connectivity index (χ0) is 13.0. The summed E-state index contributed by atoms with van der Waals surface area (Å²) in [6.45, 7) is 1.26. The van der Waals surface area contributed by atoms with Gasteiger partial charge in [0.15, 0.2) is 0 Å². The van der Waals surface area contributed by atoms with Crippen molar-refractivity contribution in [3.05, 3.63) is 16.1 Å². The van der Waals surface area contributed by atoms with Gasteiger partial charge in [0.05, 0.1) is 24.6 Å². The van der Waals surface area contributed by atoms with Crippen molar-refractivity contribution in [1.29, 1.82) is 0 Å². The molecule has 1 saturated carbocycles. The number of thiazole rings is 1. The number of halogens is 1. The summed E-state index contributed by atoms with van der Waals surface area (Å²) < 4.78 is 5.05. The summed E-state index contributed by atoms with van der Waals surface area (Å²) in [5.74, 6) is 0.547. The molecule has 0 aromatic carbocycles. The Labute approximate surface area is 116 Å². The summed E-state index contributed by atoms with van der Waals surface area (Å²) in [6, 6.07) is 0.417. The van der Waals surface area contributed by atoms with Crippen LogP contribution in [0.2, 0.25) is 0 Å². The Morgan fingerprint density at radius 3 is 3.00 bits per heavy atom. The maximum absolute atomic E-state index is 12.2. The maximum Gasteiger partial charge on any atom is 0.229 e. The molecule has 1 aliphatic rings. The van der Waals surface area contributed by atoms with E-state index in [-0.39, 0.29) is 5.91 Å². The van der Waals surface area contributed by atoms with E-state index in [0.29, 0.717) is 31.5 Å². The molecule has 1 amide bonds. The molecule has 0 radical (unpaired) electrons. The second kappa shape index (κ2) is 6.50. The van der Waals surface area contributed by atoms with E-state index in [2.05, 4.69) is 4.98 Å². The summed E-state index contributed by atoms with van der Waals surface area (Å²) in [7, 11) is 1.66. The van der Waals surface area contributed by atoms with Gasteiger partial charge in [-0.25, -0.2) is 4.98 Å². The van der Waals surface area contributed by atoms with Gasteiger partial charge in [-0.3, -0.25) is 4.79 Å². The van der Waals surface area contributed by atoms with Crippen molar-refractivity contribution in [1.82, 2.24) is 9.88 Å². The van der Waals surface area contributed by atoms with Gasteiger partial charge in [-0.05, 0) is 12.8 Å². The zero-order valence-electron chi connectivity index (χ0n) is 10.4. The summed E-state index contributed by atoms with van der Waals surface area (Å²) in [4.78, 5) is 18.4. The van der Waals surface area contributed by atoms with Gasteiger partial charge in [0.25, 0.3) is 0 Å². The molecular weight excluding hydrogens is 272 g/mol. The number of nitrogens with zero attached hydrogens (tertiary/aromatic N) is 2. The molecule has 0 aliphatic heterocycles. The number of rotatable bonds is 7. The van der Waals surface area contributed by atoms with Gasteiger partial charge >= 0.3 is 0 Å². The molecule has 0 saturated heterocycles. The second-order valence-electron chi connectivity index (χ2n) is 4.35. The van der Waals surface area contributed by atoms with Gasteiger partial charge in [-0.2, -0.15) is 0 Å². The van der Waals surface area contributed by atoms with Gasteiger partial charge < -0.3 is 9.64 Å². The smallest absolute Gasteiger partial charge is 0.229 e. The Hall–Kier alpha value is -0.650. The van der Waals surface area contributed by atoms with E-state index in [0.717, 1.165) is 23.5 Å². The lowest BCUT2D eigenvalue weighted by atomic mass is 10.3. The highest BCUT2D eigenvalue weighted by Gasteiger charge is 2.32. The molecule has 100 valence electrons. The number of hydrogen-bond donors (Lipinski definition) is 0. The third-order valence-electron chi connectivity index (χ3n) is 2.88. The predicted octanol–water partition coefficient (Wildman–Crippen LogP) is 2.06. The SMILES string of the molecule is COCCN(C(=O)Cc1nc(CCl)cs1)C1CC1. The van der Waals surface area contributed by atoms with E-state index in [1.807, 2.05) is 10.3 Å². The Kier molecular flexibility index (Phi) is 4.97. The highest BCUT2D eigenvalue weighted by atomic mass is 35.5. The molecule has 0 N–H and O–H groups in total. The lowest BCUT2D eigenvalue weighted by molar-refractivity contribution is -0.131. The Morgan fingerprint density at radius 1 is 1.67 bits per heavy atom. The van der Waals surface area contributed by atoms with E-state index < -0.39 is 0 Å². The van der Waals surface area contributed by atoms with Crippen molar-refractivity contribution in [2.75, 3.05) is 20.3 Å². The van der Waals surface area contributed by atoms with Crippen molar-refractivity contribution in [3.63, 3.8) is 0 Å². The third kappa shape index (κ3) is 3.67. The monoisotopic (exact) mass is 288 g/mol. The zero-order valence-corrected chi connectivity index (χ0v) is 12.0. The number of methoxy groups -OCH3 is 1. The van der Waals surface area contributed by atoms with Crippen LogP contribution in [0, 0.1) is 0 Å². The quantitative estimate of drug-likeness (QED) is 0.721. The first-order valence-corrected chi connectivity index (χ1v) is 7.43. The maximum atomic E-state index is 12.2. The number of carbonyl (C=O) groups excluding carboxylic acids is 1. The Bertz CT molecular complexity index is 407. The fourth-order valence-electron chi connectivity index (χ4n) is 1.81. The van der Waals surface area contributed by atoms with E-state index in [9.17, 15) is 4.79 Å². The highest BCUT2D eigenvalue weighted by molar-refractivity contribution is 7.09. The lowest BCUT2D eigenvalue weighted by Crippen LogP contribution is -2.36.